The van der Waals surface area contributed by atoms with Crippen molar-refractivity contribution in [3.05, 3.63) is 0 Å². The highest BCUT2D eigenvalue weighted by atomic mass is 16.5. The second kappa shape index (κ2) is 5.98. The second-order valence-electron chi connectivity index (χ2n) is 3.20. The van der Waals surface area contributed by atoms with E-state index in [1.54, 1.807) is 6.07 Å². The summed E-state index contributed by atoms with van der Waals surface area (Å²) in [6, 6.07) is 1.72. The van der Waals surface area contributed by atoms with Crippen molar-refractivity contribution in [3.63, 3.8) is 0 Å². The third kappa shape index (κ3) is 3.95. The van der Waals surface area contributed by atoms with Gasteiger partial charge in [0.1, 0.15) is 6.54 Å². The molecule has 0 aliphatic carbocycles. The molecule has 0 aromatic carbocycles. The second-order valence-corrected chi connectivity index (χ2v) is 3.20. The summed E-state index contributed by atoms with van der Waals surface area (Å²) in [7, 11) is 0. The third-order valence-electron chi connectivity index (χ3n) is 2.09. The quantitative estimate of drug-likeness (QED) is 0.449. The van der Waals surface area contributed by atoms with Crippen molar-refractivity contribution in [1.29, 1.82) is 5.26 Å². The number of nitrogens with zero attached hydrogens (tertiary/aromatic N) is 1. The van der Waals surface area contributed by atoms with Gasteiger partial charge in [-0.15, -0.1) is 0 Å². The van der Waals surface area contributed by atoms with E-state index in [1.807, 2.05) is 0 Å². The molecular weight excluding hydrogens is 198 g/mol. The molecule has 0 aromatic rings. The molecular formula is C9H13N3O3. The Balaban J connectivity index is 2.27. The Morgan fingerprint density at radius 1 is 1.33 bits per heavy atom. The molecule has 6 heteroatoms. The number of hydrogen-bond acceptors (Lipinski definition) is 4. The first kappa shape index (κ1) is 11.5. The van der Waals surface area contributed by atoms with E-state index in [2.05, 4.69) is 10.6 Å². The van der Waals surface area contributed by atoms with E-state index in [0.717, 1.165) is 12.8 Å². The number of amides is 2. The van der Waals surface area contributed by atoms with Crippen molar-refractivity contribution < 1.29 is 14.3 Å². The number of ether oxygens (including phenoxy) is 1. The zero-order chi connectivity index (χ0) is 11.1. The van der Waals surface area contributed by atoms with Crippen molar-refractivity contribution in [2.45, 2.75) is 18.9 Å². The van der Waals surface area contributed by atoms with Crippen molar-refractivity contribution in [1.82, 2.24) is 10.6 Å². The van der Waals surface area contributed by atoms with E-state index in [1.165, 1.54) is 0 Å². The molecule has 1 rings (SSSR count). The fourth-order valence-corrected chi connectivity index (χ4v) is 1.29. The van der Waals surface area contributed by atoms with Crippen molar-refractivity contribution in [3.8, 4) is 6.07 Å². The molecule has 1 fully saturated rings. The molecule has 82 valence electrons. The maximum atomic E-state index is 11.2. The molecule has 0 atom stereocenters. The Labute approximate surface area is 87.6 Å². The lowest BCUT2D eigenvalue weighted by atomic mass is 10.1. The SMILES string of the molecule is N#CCNC(=O)C(=O)NC1CCOCC1. The number of carbonyl (C=O) groups is 2. The molecule has 15 heavy (non-hydrogen) atoms. The van der Waals surface area contributed by atoms with Gasteiger partial charge in [0, 0.05) is 19.3 Å². The summed E-state index contributed by atoms with van der Waals surface area (Å²) in [6.07, 6.45) is 1.44. The first-order chi connectivity index (χ1) is 7.24. The number of rotatable bonds is 2. The average Bonchev–Trinajstić information content (AvgIpc) is 2.27. The Bertz CT molecular complexity index is 279. The molecule has 0 bridgehead atoms. The van der Waals surface area contributed by atoms with Gasteiger partial charge in [0.05, 0.1) is 6.07 Å². The molecule has 2 N–H and O–H groups in total. The fraction of sp³-hybridized carbons (Fsp3) is 0.667. The van der Waals surface area contributed by atoms with Gasteiger partial charge in [-0.2, -0.15) is 5.26 Å². The van der Waals surface area contributed by atoms with E-state index >= 15 is 0 Å². The normalized spacial score (nSPS) is 16.5. The van der Waals surface area contributed by atoms with Crippen LogP contribution in [0.25, 0.3) is 0 Å². The van der Waals surface area contributed by atoms with Gasteiger partial charge in [0.2, 0.25) is 0 Å². The van der Waals surface area contributed by atoms with Gasteiger partial charge >= 0.3 is 11.8 Å². The number of carbonyl (C=O) groups excluding carboxylic acids is 2. The third-order valence-corrected chi connectivity index (χ3v) is 2.09. The zero-order valence-electron chi connectivity index (χ0n) is 8.28. The summed E-state index contributed by atoms with van der Waals surface area (Å²) in [5, 5.41) is 13.0. The van der Waals surface area contributed by atoms with Crippen molar-refractivity contribution in [2.75, 3.05) is 19.8 Å². The lowest BCUT2D eigenvalue weighted by Gasteiger charge is -2.22. The van der Waals surface area contributed by atoms with Crippen LogP contribution < -0.4 is 10.6 Å². The van der Waals surface area contributed by atoms with E-state index in [0.29, 0.717) is 13.2 Å². The average molecular weight is 211 g/mol. The molecule has 1 heterocycles. The molecule has 0 spiro atoms. The Hall–Kier alpha value is -1.61. The Morgan fingerprint density at radius 3 is 2.60 bits per heavy atom. The van der Waals surface area contributed by atoms with Gasteiger partial charge in [0.15, 0.2) is 0 Å². The van der Waals surface area contributed by atoms with Crippen LogP contribution in [0.1, 0.15) is 12.8 Å². The van der Waals surface area contributed by atoms with Gasteiger partial charge in [0.25, 0.3) is 0 Å². The van der Waals surface area contributed by atoms with Crippen LogP contribution in [0.15, 0.2) is 0 Å². The molecule has 0 unspecified atom stereocenters. The minimum absolute atomic E-state index is 0.000847. The van der Waals surface area contributed by atoms with E-state index in [9.17, 15) is 9.59 Å². The van der Waals surface area contributed by atoms with E-state index < -0.39 is 11.8 Å². The minimum Gasteiger partial charge on any atom is -0.381 e. The predicted molar refractivity (Wildman–Crippen MR) is 50.6 cm³/mol. The highest BCUT2D eigenvalue weighted by Gasteiger charge is 2.19. The van der Waals surface area contributed by atoms with Gasteiger partial charge in [-0.25, -0.2) is 0 Å². The Kier molecular flexibility index (Phi) is 4.57. The van der Waals surface area contributed by atoms with E-state index in [4.69, 9.17) is 10.00 Å². The first-order valence-electron chi connectivity index (χ1n) is 4.77. The molecule has 1 saturated heterocycles. The number of nitrogens with one attached hydrogen (secondary N) is 2. The Morgan fingerprint density at radius 2 is 2.00 bits per heavy atom. The summed E-state index contributed by atoms with van der Waals surface area (Å²) in [5.74, 6) is -1.44. The predicted octanol–water partition coefficient (Wildman–Crippen LogP) is -1.08. The number of nitriles is 1. The summed E-state index contributed by atoms with van der Waals surface area (Å²) < 4.78 is 5.11. The standard InChI is InChI=1S/C9H13N3O3/c10-3-4-11-8(13)9(14)12-7-1-5-15-6-2-7/h7H,1-2,4-6H2,(H,11,13)(H,12,14). The van der Waals surface area contributed by atoms with Crippen LogP contribution in [0.4, 0.5) is 0 Å². The largest absolute Gasteiger partial charge is 0.381 e. The molecule has 1 aliphatic rings. The van der Waals surface area contributed by atoms with Crippen molar-refractivity contribution in [2.24, 2.45) is 0 Å². The van der Waals surface area contributed by atoms with Crippen LogP contribution in [0.3, 0.4) is 0 Å². The van der Waals surface area contributed by atoms with E-state index in [-0.39, 0.29) is 12.6 Å². The summed E-state index contributed by atoms with van der Waals surface area (Å²) >= 11 is 0. The van der Waals surface area contributed by atoms with Crippen molar-refractivity contribution >= 4 is 11.8 Å². The van der Waals surface area contributed by atoms with Gasteiger partial charge < -0.3 is 15.4 Å². The minimum atomic E-state index is -0.761. The van der Waals surface area contributed by atoms with Crippen LogP contribution in [0.5, 0.6) is 0 Å². The maximum Gasteiger partial charge on any atom is 0.310 e. The van der Waals surface area contributed by atoms with Gasteiger partial charge in [-0.1, -0.05) is 0 Å². The monoisotopic (exact) mass is 211 g/mol. The molecule has 2 amide bonds. The zero-order valence-corrected chi connectivity index (χ0v) is 8.28. The summed E-state index contributed by atoms with van der Waals surface area (Å²) in [4.78, 5) is 22.3. The molecule has 6 nitrogen and oxygen atoms in total. The smallest absolute Gasteiger partial charge is 0.310 e. The maximum absolute atomic E-state index is 11.2. The summed E-state index contributed by atoms with van der Waals surface area (Å²) in [6.45, 7) is 1.05. The van der Waals surface area contributed by atoms with Gasteiger partial charge in [-0.05, 0) is 12.8 Å². The van der Waals surface area contributed by atoms with Gasteiger partial charge in [-0.3, -0.25) is 9.59 Å². The van der Waals surface area contributed by atoms with Crippen LogP contribution >= 0.6 is 0 Å². The lowest BCUT2D eigenvalue weighted by molar-refractivity contribution is -0.139. The highest BCUT2D eigenvalue weighted by Crippen LogP contribution is 2.05. The van der Waals surface area contributed by atoms with Crippen LogP contribution in [0.2, 0.25) is 0 Å². The van der Waals surface area contributed by atoms with Crippen LogP contribution in [0, 0.1) is 11.3 Å². The molecule has 0 saturated carbocycles. The molecule has 0 aromatic heterocycles. The highest BCUT2D eigenvalue weighted by molar-refractivity contribution is 6.35. The van der Waals surface area contributed by atoms with Crippen LogP contribution in [-0.2, 0) is 14.3 Å². The van der Waals surface area contributed by atoms with Crippen LogP contribution in [-0.4, -0.2) is 37.6 Å². The fourth-order valence-electron chi connectivity index (χ4n) is 1.29. The summed E-state index contributed by atoms with van der Waals surface area (Å²) in [5.41, 5.74) is 0. The number of hydrogen-bond donors (Lipinski definition) is 2. The first-order valence-corrected chi connectivity index (χ1v) is 4.77. The lowest BCUT2D eigenvalue weighted by Crippen LogP contribution is -2.46. The topological polar surface area (TPSA) is 91.2 Å². The molecule has 1 aliphatic heterocycles. The molecule has 0 radical (unpaired) electrons.